The summed E-state index contributed by atoms with van der Waals surface area (Å²) < 4.78 is 10.4. The average Bonchev–Trinajstić information content (AvgIpc) is 2.49. The highest BCUT2D eigenvalue weighted by atomic mass is 16.6. The van der Waals surface area contributed by atoms with E-state index in [-0.39, 0.29) is 6.03 Å². The molecule has 0 saturated carbocycles. The SMILES string of the molecule is CCOc1ccc(CNC(=O)NCCNC(=O)OC(C)(C)C)cc1. The maximum atomic E-state index is 11.7. The van der Waals surface area contributed by atoms with Gasteiger partial charge in [0.2, 0.25) is 0 Å². The second-order valence-corrected chi connectivity index (χ2v) is 6.12. The monoisotopic (exact) mass is 337 g/mol. The van der Waals surface area contributed by atoms with Gasteiger partial charge in [-0.25, -0.2) is 9.59 Å². The van der Waals surface area contributed by atoms with Gasteiger partial charge in [0.1, 0.15) is 11.4 Å². The molecule has 0 heterocycles. The van der Waals surface area contributed by atoms with Crippen LogP contribution in [0.5, 0.6) is 5.75 Å². The molecule has 0 unspecified atom stereocenters. The van der Waals surface area contributed by atoms with Crippen molar-refractivity contribution >= 4 is 12.1 Å². The molecule has 24 heavy (non-hydrogen) atoms. The standard InChI is InChI=1S/C17H27N3O4/c1-5-23-14-8-6-13(7-9-14)12-20-15(21)18-10-11-19-16(22)24-17(2,3)4/h6-9H,5,10-12H2,1-4H3,(H,19,22)(H2,18,20,21). The number of benzene rings is 1. The first kappa shape index (κ1) is 19.6. The third-order valence-electron chi connectivity index (χ3n) is 2.77. The molecule has 0 spiro atoms. The van der Waals surface area contributed by atoms with Crippen LogP contribution >= 0.6 is 0 Å². The van der Waals surface area contributed by atoms with Gasteiger partial charge >= 0.3 is 12.1 Å². The van der Waals surface area contributed by atoms with Crippen LogP contribution in [0.15, 0.2) is 24.3 Å². The zero-order valence-corrected chi connectivity index (χ0v) is 14.8. The molecule has 1 aromatic carbocycles. The van der Waals surface area contributed by atoms with Gasteiger partial charge in [-0.3, -0.25) is 0 Å². The first-order chi connectivity index (χ1) is 11.3. The predicted molar refractivity (Wildman–Crippen MR) is 92.1 cm³/mol. The summed E-state index contributed by atoms with van der Waals surface area (Å²) in [5, 5.41) is 7.97. The molecule has 0 aromatic heterocycles. The second kappa shape index (κ2) is 9.64. The molecular weight excluding hydrogens is 310 g/mol. The zero-order valence-electron chi connectivity index (χ0n) is 14.8. The highest BCUT2D eigenvalue weighted by molar-refractivity contribution is 5.74. The Morgan fingerprint density at radius 3 is 2.21 bits per heavy atom. The van der Waals surface area contributed by atoms with Crippen molar-refractivity contribution in [3.8, 4) is 5.75 Å². The Morgan fingerprint density at radius 1 is 1.00 bits per heavy atom. The van der Waals surface area contributed by atoms with Crippen LogP contribution < -0.4 is 20.7 Å². The Morgan fingerprint density at radius 2 is 1.62 bits per heavy atom. The van der Waals surface area contributed by atoms with Gasteiger partial charge in [0.25, 0.3) is 0 Å². The normalized spacial score (nSPS) is 10.7. The first-order valence-electron chi connectivity index (χ1n) is 8.00. The highest BCUT2D eigenvalue weighted by Gasteiger charge is 2.15. The van der Waals surface area contributed by atoms with E-state index < -0.39 is 11.7 Å². The summed E-state index contributed by atoms with van der Waals surface area (Å²) in [6.45, 7) is 8.95. The molecule has 0 bridgehead atoms. The van der Waals surface area contributed by atoms with Gasteiger partial charge in [-0.2, -0.15) is 0 Å². The molecule has 0 saturated heterocycles. The molecule has 134 valence electrons. The van der Waals surface area contributed by atoms with E-state index in [0.29, 0.717) is 26.2 Å². The molecule has 7 heteroatoms. The van der Waals surface area contributed by atoms with Crippen LogP contribution in [0.4, 0.5) is 9.59 Å². The number of hydrogen-bond acceptors (Lipinski definition) is 4. The topological polar surface area (TPSA) is 88.7 Å². The van der Waals surface area contributed by atoms with Crippen molar-refractivity contribution in [1.82, 2.24) is 16.0 Å². The summed E-state index contributed by atoms with van der Waals surface area (Å²) in [6, 6.07) is 7.23. The van der Waals surface area contributed by atoms with Gasteiger partial charge in [0.15, 0.2) is 0 Å². The lowest BCUT2D eigenvalue weighted by atomic mass is 10.2. The van der Waals surface area contributed by atoms with E-state index in [0.717, 1.165) is 11.3 Å². The number of carbonyl (C=O) groups excluding carboxylic acids is 2. The van der Waals surface area contributed by atoms with Gasteiger partial charge in [-0.05, 0) is 45.4 Å². The van der Waals surface area contributed by atoms with Crippen LogP contribution in [-0.4, -0.2) is 37.4 Å². The number of ether oxygens (including phenoxy) is 2. The van der Waals surface area contributed by atoms with Crippen LogP contribution in [0.3, 0.4) is 0 Å². The summed E-state index contributed by atoms with van der Waals surface area (Å²) in [7, 11) is 0. The molecule has 0 aliphatic heterocycles. The Labute approximate surface area is 143 Å². The number of urea groups is 1. The minimum Gasteiger partial charge on any atom is -0.494 e. The van der Waals surface area contributed by atoms with E-state index in [1.807, 2.05) is 31.2 Å². The molecule has 0 fully saturated rings. The number of rotatable bonds is 7. The lowest BCUT2D eigenvalue weighted by molar-refractivity contribution is 0.0528. The lowest BCUT2D eigenvalue weighted by Gasteiger charge is -2.19. The predicted octanol–water partition coefficient (Wildman–Crippen LogP) is 2.41. The molecule has 0 aliphatic rings. The smallest absolute Gasteiger partial charge is 0.407 e. The zero-order chi connectivity index (χ0) is 18.0. The molecule has 0 aliphatic carbocycles. The van der Waals surface area contributed by atoms with E-state index in [4.69, 9.17) is 9.47 Å². The fraction of sp³-hybridized carbons (Fsp3) is 0.529. The lowest BCUT2D eigenvalue weighted by Crippen LogP contribution is -2.41. The van der Waals surface area contributed by atoms with Crippen LogP contribution in [0, 0.1) is 0 Å². The Kier molecular flexibility index (Phi) is 7.88. The number of hydrogen-bond donors (Lipinski definition) is 3. The van der Waals surface area contributed by atoms with Crippen LogP contribution in [0.2, 0.25) is 0 Å². The van der Waals surface area contributed by atoms with Gasteiger partial charge in [-0.1, -0.05) is 12.1 Å². The van der Waals surface area contributed by atoms with Crippen molar-refractivity contribution in [3.05, 3.63) is 29.8 Å². The average molecular weight is 337 g/mol. The van der Waals surface area contributed by atoms with Gasteiger partial charge in [0.05, 0.1) is 6.61 Å². The first-order valence-corrected chi connectivity index (χ1v) is 8.00. The largest absolute Gasteiger partial charge is 0.494 e. The summed E-state index contributed by atoms with van der Waals surface area (Å²) >= 11 is 0. The van der Waals surface area contributed by atoms with Crippen LogP contribution in [-0.2, 0) is 11.3 Å². The van der Waals surface area contributed by atoms with Gasteiger partial charge < -0.3 is 25.4 Å². The quantitative estimate of drug-likeness (QED) is 0.667. The summed E-state index contributed by atoms with van der Waals surface area (Å²) in [5.74, 6) is 0.805. The number of alkyl carbamates (subject to hydrolysis) is 1. The Balaban J connectivity index is 2.17. The third kappa shape index (κ3) is 8.87. The van der Waals surface area contributed by atoms with Crippen LogP contribution in [0.1, 0.15) is 33.3 Å². The van der Waals surface area contributed by atoms with E-state index in [9.17, 15) is 9.59 Å². The molecule has 7 nitrogen and oxygen atoms in total. The number of nitrogens with one attached hydrogen (secondary N) is 3. The summed E-state index contributed by atoms with van der Waals surface area (Å²) in [6.07, 6.45) is -0.501. The summed E-state index contributed by atoms with van der Waals surface area (Å²) in [4.78, 5) is 23.1. The van der Waals surface area contributed by atoms with Crippen molar-refractivity contribution in [3.63, 3.8) is 0 Å². The van der Waals surface area contributed by atoms with E-state index in [1.165, 1.54) is 0 Å². The molecule has 1 rings (SSSR count). The Bertz CT molecular complexity index is 524. The van der Waals surface area contributed by atoms with Crippen molar-refractivity contribution in [2.45, 2.75) is 39.8 Å². The molecule has 0 radical (unpaired) electrons. The molecule has 1 aromatic rings. The highest BCUT2D eigenvalue weighted by Crippen LogP contribution is 2.11. The van der Waals surface area contributed by atoms with Gasteiger partial charge in [-0.15, -0.1) is 0 Å². The number of carbonyl (C=O) groups is 2. The van der Waals surface area contributed by atoms with Crippen molar-refractivity contribution in [2.24, 2.45) is 0 Å². The van der Waals surface area contributed by atoms with Crippen molar-refractivity contribution < 1.29 is 19.1 Å². The fourth-order valence-electron chi connectivity index (χ4n) is 1.77. The minimum absolute atomic E-state index is 0.296. The number of amides is 3. The van der Waals surface area contributed by atoms with E-state index in [1.54, 1.807) is 20.8 Å². The summed E-state index contributed by atoms with van der Waals surface area (Å²) in [5.41, 5.74) is 0.438. The van der Waals surface area contributed by atoms with Crippen LogP contribution in [0.25, 0.3) is 0 Å². The van der Waals surface area contributed by atoms with Crippen molar-refractivity contribution in [1.29, 1.82) is 0 Å². The molecule has 3 amide bonds. The van der Waals surface area contributed by atoms with E-state index >= 15 is 0 Å². The molecular formula is C17H27N3O4. The minimum atomic E-state index is -0.535. The Hall–Kier alpha value is -2.44. The maximum absolute atomic E-state index is 11.7. The third-order valence-corrected chi connectivity index (χ3v) is 2.77. The molecule has 0 atom stereocenters. The fourth-order valence-corrected chi connectivity index (χ4v) is 1.77. The maximum Gasteiger partial charge on any atom is 0.407 e. The van der Waals surface area contributed by atoms with E-state index in [2.05, 4.69) is 16.0 Å². The second-order valence-electron chi connectivity index (χ2n) is 6.12. The molecule has 3 N–H and O–H groups in total. The van der Waals surface area contributed by atoms with Crippen molar-refractivity contribution in [2.75, 3.05) is 19.7 Å². The van der Waals surface area contributed by atoms with Gasteiger partial charge in [0, 0.05) is 19.6 Å².